The zero-order chi connectivity index (χ0) is 23.4. The number of benzene rings is 1. The van der Waals surface area contributed by atoms with Crippen molar-refractivity contribution in [2.24, 2.45) is 5.41 Å². The lowest BCUT2D eigenvalue weighted by Gasteiger charge is -2.31. The Balaban J connectivity index is 1.07. The zero-order valence-electron chi connectivity index (χ0n) is 20.1. The van der Waals surface area contributed by atoms with Crippen LogP contribution in [-0.4, -0.2) is 44.7 Å². The summed E-state index contributed by atoms with van der Waals surface area (Å²) in [5.74, 6) is 0. The second kappa shape index (κ2) is 8.49. The van der Waals surface area contributed by atoms with Crippen molar-refractivity contribution in [1.82, 2.24) is 14.4 Å². The molecule has 1 aliphatic heterocycles. The zero-order valence-corrected chi connectivity index (χ0v) is 20.9. The molecular weight excluding hydrogens is 454 g/mol. The van der Waals surface area contributed by atoms with Crippen molar-refractivity contribution in [3.05, 3.63) is 54.0 Å². The second-order valence-corrected chi connectivity index (χ2v) is 11.9. The highest BCUT2D eigenvalue weighted by molar-refractivity contribution is 7.22. The normalized spacial score (nSPS) is 22.3. The van der Waals surface area contributed by atoms with Gasteiger partial charge in [0.05, 0.1) is 16.3 Å². The molecule has 7 heteroatoms. The average Bonchev–Trinajstić information content (AvgIpc) is 3.19. The number of hydrogen-bond donors (Lipinski definition) is 2. The van der Waals surface area contributed by atoms with E-state index in [4.69, 9.17) is 9.97 Å². The van der Waals surface area contributed by atoms with E-state index >= 15 is 0 Å². The molecule has 1 spiro atoms. The van der Waals surface area contributed by atoms with Gasteiger partial charge in [-0.05, 0) is 61.3 Å². The van der Waals surface area contributed by atoms with Crippen LogP contribution >= 0.6 is 11.3 Å². The summed E-state index contributed by atoms with van der Waals surface area (Å²) in [7, 11) is 0. The molecule has 4 heterocycles. The summed E-state index contributed by atoms with van der Waals surface area (Å²) in [6.07, 6.45) is 14.8. The Morgan fingerprint density at radius 3 is 2.80 bits per heavy atom. The van der Waals surface area contributed by atoms with Crippen LogP contribution in [0, 0.1) is 5.41 Å². The topological polar surface area (TPSA) is 65.7 Å². The fourth-order valence-electron chi connectivity index (χ4n) is 6.33. The molecule has 4 aromatic rings. The van der Waals surface area contributed by atoms with E-state index in [1.54, 1.807) is 11.3 Å². The summed E-state index contributed by atoms with van der Waals surface area (Å²) in [5.41, 5.74) is 6.32. The Hall–Kier alpha value is -2.64. The van der Waals surface area contributed by atoms with Crippen LogP contribution in [-0.2, 0) is 6.42 Å². The Morgan fingerprint density at radius 1 is 1.09 bits per heavy atom. The molecule has 1 atom stereocenters. The standard InChI is InChI=1S/C28H33N5OS/c34-22-7-11-32(12-8-22)20-6-13-33-21(18-29-26(33)16-20)14-19-4-5-23-24(15-19)35-27(30-23)31-25-17-28(25)9-2-1-3-10-28/h4-6,13,15-16,18,22,25,34H,1-3,7-12,14,17H2,(H,30,31)/t25-/m0/s1. The highest BCUT2D eigenvalue weighted by Crippen LogP contribution is 2.57. The van der Waals surface area contributed by atoms with Crippen molar-refractivity contribution in [3.63, 3.8) is 0 Å². The Kier molecular flexibility index (Phi) is 5.24. The number of piperidine rings is 1. The maximum Gasteiger partial charge on any atom is 0.184 e. The van der Waals surface area contributed by atoms with E-state index in [0.29, 0.717) is 11.5 Å². The number of rotatable bonds is 5. The molecule has 35 heavy (non-hydrogen) atoms. The monoisotopic (exact) mass is 487 g/mol. The molecule has 0 radical (unpaired) electrons. The number of aliphatic hydroxyl groups excluding tert-OH is 1. The smallest absolute Gasteiger partial charge is 0.184 e. The Labute approximate surface area is 210 Å². The average molecular weight is 488 g/mol. The fraction of sp³-hybridized carbons (Fsp3) is 0.500. The first-order valence-electron chi connectivity index (χ1n) is 13.2. The first-order valence-corrected chi connectivity index (χ1v) is 14.0. The lowest BCUT2D eigenvalue weighted by Crippen LogP contribution is -2.35. The van der Waals surface area contributed by atoms with E-state index < -0.39 is 0 Å². The van der Waals surface area contributed by atoms with Crippen LogP contribution in [0.15, 0.2) is 42.7 Å². The molecule has 6 nitrogen and oxygen atoms in total. The number of pyridine rings is 1. The SMILES string of the molecule is OC1CCN(c2ccn3c(Cc4ccc5nc(N[C@H]6CC67CCCCC7)sc5c4)cnc3c2)CC1. The number of imidazole rings is 1. The van der Waals surface area contributed by atoms with Crippen molar-refractivity contribution < 1.29 is 5.11 Å². The molecule has 3 aliphatic rings. The highest BCUT2D eigenvalue weighted by atomic mass is 32.1. The van der Waals surface area contributed by atoms with E-state index in [0.717, 1.165) is 48.6 Å². The summed E-state index contributed by atoms with van der Waals surface area (Å²) < 4.78 is 3.45. The molecule has 0 unspecified atom stereocenters. The van der Waals surface area contributed by atoms with E-state index in [1.165, 1.54) is 60.2 Å². The number of aromatic nitrogens is 3. The molecule has 2 aliphatic carbocycles. The molecule has 7 rings (SSSR count). The largest absolute Gasteiger partial charge is 0.393 e. The van der Waals surface area contributed by atoms with Crippen molar-refractivity contribution in [1.29, 1.82) is 0 Å². The van der Waals surface area contributed by atoms with Gasteiger partial charge in [-0.1, -0.05) is 36.7 Å². The summed E-state index contributed by atoms with van der Waals surface area (Å²) in [6.45, 7) is 1.80. The van der Waals surface area contributed by atoms with Crippen molar-refractivity contribution in [3.8, 4) is 0 Å². The van der Waals surface area contributed by atoms with Gasteiger partial charge in [-0.15, -0.1) is 0 Å². The predicted octanol–water partition coefficient (Wildman–Crippen LogP) is 5.63. The van der Waals surface area contributed by atoms with Crippen LogP contribution < -0.4 is 10.2 Å². The Bertz CT molecular complexity index is 1360. The lowest BCUT2D eigenvalue weighted by molar-refractivity contribution is 0.145. The molecule has 0 bridgehead atoms. The van der Waals surface area contributed by atoms with Gasteiger partial charge in [0.1, 0.15) is 5.65 Å². The maximum absolute atomic E-state index is 9.80. The first-order chi connectivity index (χ1) is 17.1. The van der Waals surface area contributed by atoms with E-state index in [9.17, 15) is 5.11 Å². The van der Waals surface area contributed by atoms with Gasteiger partial charge in [0.25, 0.3) is 0 Å². The Morgan fingerprint density at radius 2 is 1.94 bits per heavy atom. The summed E-state index contributed by atoms with van der Waals surface area (Å²) >= 11 is 1.79. The molecule has 2 saturated carbocycles. The van der Waals surface area contributed by atoms with Gasteiger partial charge in [0.15, 0.2) is 5.13 Å². The van der Waals surface area contributed by atoms with Gasteiger partial charge < -0.3 is 19.7 Å². The van der Waals surface area contributed by atoms with Gasteiger partial charge in [-0.2, -0.15) is 0 Å². The summed E-state index contributed by atoms with van der Waals surface area (Å²) in [5, 5.41) is 14.6. The van der Waals surface area contributed by atoms with Crippen molar-refractivity contribution in [2.45, 2.75) is 69.9 Å². The van der Waals surface area contributed by atoms with Crippen molar-refractivity contribution in [2.75, 3.05) is 23.3 Å². The van der Waals surface area contributed by atoms with Crippen molar-refractivity contribution >= 4 is 38.0 Å². The number of aliphatic hydroxyl groups is 1. The number of nitrogens with zero attached hydrogens (tertiary/aromatic N) is 4. The molecule has 3 fully saturated rings. The van der Waals surface area contributed by atoms with Crippen LogP contribution in [0.3, 0.4) is 0 Å². The number of hydrogen-bond acceptors (Lipinski definition) is 6. The third-order valence-corrected chi connectivity index (χ3v) is 9.53. The molecular formula is C28H33N5OS. The van der Waals surface area contributed by atoms with E-state index in [2.05, 4.69) is 51.1 Å². The van der Waals surface area contributed by atoms with Crippen LogP contribution in [0.5, 0.6) is 0 Å². The van der Waals surface area contributed by atoms with E-state index in [-0.39, 0.29) is 6.10 Å². The molecule has 182 valence electrons. The molecule has 1 aromatic carbocycles. The lowest BCUT2D eigenvalue weighted by atomic mass is 9.86. The summed E-state index contributed by atoms with van der Waals surface area (Å²) in [4.78, 5) is 11.9. The minimum atomic E-state index is -0.155. The highest BCUT2D eigenvalue weighted by Gasteiger charge is 2.54. The third-order valence-electron chi connectivity index (χ3n) is 8.58. The maximum atomic E-state index is 9.80. The minimum absolute atomic E-state index is 0.155. The fourth-order valence-corrected chi connectivity index (χ4v) is 7.32. The van der Waals surface area contributed by atoms with Crippen LogP contribution in [0.25, 0.3) is 15.9 Å². The van der Waals surface area contributed by atoms with Gasteiger partial charge in [-0.3, -0.25) is 0 Å². The van der Waals surface area contributed by atoms with E-state index in [1.807, 2.05) is 6.20 Å². The molecule has 2 N–H and O–H groups in total. The third kappa shape index (κ3) is 4.08. The number of nitrogens with one attached hydrogen (secondary N) is 1. The van der Waals surface area contributed by atoms with Crippen LogP contribution in [0.4, 0.5) is 10.8 Å². The molecule has 0 amide bonds. The minimum Gasteiger partial charge on any atom is -0.393 e. The van der Waals surface area contributed by atoms with Crippen LogP contribution in [0.1, 0.15) is 62.6 Å². The quantitative estimate of drug-likeness (QED) is 0.382. The second-order valence-electron chi connectivity index (χ2n) is 10.9. The number of thiazole rings is 1. The first kappa shape index (κ1) is 21.6. The van der Waals surface area contributed by atoms with Gasteiger partial charge in [0, 0.05) is 55.4 Å². The number of anilines is 2. The molecule has 3 aromatic heterocycles. The van der Waals surface area contributed by atoms with Gasteiger partial charge in [0.2, 0.25) is 0 Å². The molecule has 1 saturated heterocycles. The van der Waals surface area contributed by atoms with Gasteiger partial charge in [-0.25, -0.2) is 9.97 Å². The summed E-state index contributed by atoms with van der Waals surface area (Å²) in [6, 6.07) is 11.6. The number of fused-ring (bicyclic) bond motifs is 2. The van der Waals surface area contributed by atoms with Gasteiger partial charge >= 0.3 is 0 Å². The predicted molar refractivity (Wildman–Crippen MR) is 143 cm³/mol. The van der Waals surface area contributed by atoms with Crippen LogP contribution in [0.2, 0.25) is 0 Å².